The molecule has 0 radical (unpaired) electrons. The topological polar surface area (TPSA) is 47.6 Å². The normalized spacial score (nSPS) is 12.3. The third-order valence-electron chi connectivity index (χ3n) is 2.44. The fourth-order valence-electron chi connectivity index (χ4n) is 1.53. The van der Waals surface area contributed by atoms with Gasteiger partial charge in [-0.25, -0.2) is 0 Å². The standard InChI is InChI=1S/C13H17F2NO3/c1-3-18-12(17)8-16-9(2)10-5-4-6-11(7-10)19-13(14)15/h4-7,9,13,16H,3,8H2,1-2H3. The fourth-order valence-corrected chi connectivity index (χ4v) is 1.53. The molecule has 0 fully saturated rings. The summed E-state index contributed by atoms with van der Waals surface area (Å²) in [4.78, 5) is 11.2. The second-order valence-corrected chi connectivity index (χ2v) is 3.86. The number of carbonyl (C=O) groups is 1. The summed E-state index contributed by atoms with van der Waals surface area (Å²) >= 11 is 0. The lowest BCUT2D eigenvalue weighted by Crippen LogP contribution is -2.27. The van der Waals surface area contributed by atoms with Crippen LogP contribution in [0.2, 0.25) is 0 Å². The number of benzene rings is 1. The van der Waals surface area contributed by atoms with Crippen LogP contribution in [0.3, 0.4) is 0 Å². The molecule has 1 unspecified atom stereocenters. The van der Waals surface area contributed by atoms with Crippen molar-refractivity contribution in [2.45, 2.75) is 26.5 Å². The Kier molecular flexibility index (Phi) is 6.21. The molecule has 1 rings (SSSR count). The Morgan fingerprint density at radius 2 is 2.16 bits per heavy atom. The Morgan fingerprint density at radius 1 is 1.42 bits per heavy atom. The van der Waals surface area contributed by atoms with E-state index >= 15 is 0 Å². The molecule has 0 aromatic heterocycles. The van der Waals surface area contributed by atoms with Crippen molar-refractivity contribution in [1.82, 2.24) is 5.32 Å². The molecule has 0 bridgehead atoms. The molecule has 0 saturated heterocycles. The lowest BCUT2D eigenvalue weighted by Gasteiger charge is -2.14. The third kappa shape index (κ3) is 5.65. The quantitative estimate of drug-likeness (QED) is 0.775. The van der Waals surface area contributed by atoms with E-state index in [0.717, 1.165) is 5.56 Å². The zero-order chi connectivity index (χ0) is 14.3. The number of ether oxygens (including phenoxy) is 2. The highest BCUT2D eigenvalue weighted by atomic mass is 19.3. The van der Waals surface area contributed by atoms with E-state index in [0.29, 0.717) is 6.61 Å². The van der Waals surface area contributed by atoms with Gasteiger partial charge in [-0.3, -0.25) is 4.79 Å². The van der Waals surface area contributed by atoms with Crippen LogP contribution in [0.1, 0.15) is 25.5 Å². The van der Waals surface area contributed by atoms with Crippen LogP contribution in [0.4, 0.5) is 8.78 Å². The van der Waals surface area contributed by atoms with Gasteiger partial charge in [0.2, 0.25) is 0 Å². The van der Waals surface area contributed by atoms with Crippen molar-refractivity contribution in [3.63, 3.8) is 0 Å². The minimum absolute atomic E-state index is 0.0644. The average molecular weight is 273 g/mol. The van der Waals surface area contributed by atoms with Crippen LogP contribution < -0.4 is 10.1 Å². The van der Waals surface area contributed by atoms with E-state index < -0.39 is 6.61 Å². The van der Waals surface area contributed by atoms with Gasteiger partial charge in [0.05, 0.1) is 13.2 Å². The highest BCUT2D eigenvalue weighted by molar-refractivity contribution is 5.71. The number of esters is 1. The van der Waals surface area contributed by atoms with Crippen LogP contribution >= 0.6 is 0 Å². The molecule has 1 N–H and O–H groups in total. The van der Waals surface area contributed by atoms with E-state index in [1.54, 1.807) is 19.1 Å². The van der Waals surface area contributed by atoms with Gasteiger partial charge in [0.15, 0.2) is 0 Å². The summed E-state index contributed by atoms with van der Waals surface area (Å²) in [6.45, 7) is 1.09. The average Bonchev–Trinajstić information content (AvgIpc) is 2.36. The largest absolute Gasteiger partial charge is 0.465 e. The predicted octanol–water partition coefficient (Wildman–Crippen LogP) is 2.50. The van der Waals surface area contributed by atoms with E-state index in [1.807, 2.05) is 6.92 Å². The molecule has 0 amide bonds. The maximum Gasteiger partial charge on any atom is 0.387 e. The van der Waals surface area contributed by atoms with Crippen molar-refractivity contribution in [1.29, 1.82) is 0 Å². The predicted molar refractivity (Wildman–Crippen MR) is 66.1 cm³/mol. The van der Waals surface area contributed by atoms with Crippen molar-refractivity contribution < 1.29 is 23.0 Å². The second kappa shape index (κ2) is 7.68. The van der Waals surface area contributed by atoms with Crippen LogP contribution in [-0.2, 0) is 9.53 Å². The summed E-state index contributed by atoms with van der Waals surface area (Å²) in [6, 6.07) is 6.17. The Bertz CT molecular complexity index is 413. The number of halogens is 2. The zero-order valence-corrected chi connectivity index (χ0v) is 10.9. The van der Waals surface area contributed by atoms with E-state index in [2.05, 4.69) is 10.1 Å². The van der Waals surface area contributed by atoms with Crippen LogP contribution in [-0.4, -0.2) is 25.7 Å². The first-order valence-corrected chi connectivity index (χ1v) is 5.96. The van der Waals surface area contributed by atoms with Crippen molar-refractivity contribution in [2.24, 2.45) is 0 Å². The number of hydrogen-bond donors (Lipinski definition) is 1. The Morgan fingerprint density at radius 3 is 2.79 bits per heavy atom. The maximum absolute atomic E-state index is 12.1. The first-order chi connectivity index (χ1) is 9.02. The lowest BCUT2D eigenvalue weighted by atomic mass is 10.1. The fraction of sp³-hybridized carbons (Fsp3) is 0.462. The zero-order valence-electron chi connectivity index (χ0n) is 10.9. The first-order valence-electron chi connectivity index (χ1n) is 5.96. The van der Waals surface area contributed by atoms with Crippen LogP contribution in [0, 0.1) is 0 Å². The van der Waals surface area contributed by atoms with Gasteiger partial charge >= 0.3 is 12.6 Å². The molecule has 1 atom stereocenters. The summed E-state index contributed by atoms with van der Waals surface area (Å²) in [7, 11) is 0. The van der Waals surface area contributed by atoms with Crippen molar-refractivity contribution in [3.05, 3.63) is 29.8 Å². The molecule has 1 aromatic carbocycles. The molecule has 19 heavy (non-hydrogen) atoms. The van der Waals surface area contributed by atoms with Crippen LogP contribution in [0.5, 0.6) is 5.75 Å². The molecule has 106 valence electrons. The van der Waals surface area contributed by atoms with Gasteiger partial charge in [0.25, 0.3) is 0 Å². The number of nitrogens with one attached hydrogen (secondary N) is 1. The molecule has 0 aliphatic carbocycles. The Hall–Kier alpha value is -1.69. The minimum atomic E-state index is -2.85. The maximum atomic E-state index is 12.1. The second-order valence-electron chi connectivity index (χ2n) is 3.86. The Labute approximate surface area is 110 Å². The van der Waals surface area contributed by atoms with Crippen LogP contribution in [0.15, 0.2) is 24.3 Å². The van der Waals surface area contributed by atoms with Gasteiger partial charge < -0.3 is 14.8 Å². The molecule has 0 spiro atoms. The van der Waals surface area contributed by atoms with Gasteiger partial charge in [-0.2, -0.15) is 8.78 Å². The lowest BCUT2D eigenvalue weighted by molar-refractivity contribution is -0.142. The highest BCUT2D eigenvalue weighted by Gasteiger charge is 2.10. The van der Waals surface area contributed by atoms with Gasteiger partial charge in [0.1, 0.15) is 5.75 Å². The number of carbonyl (C=O) groups excluding carboxylic acids is 1. The van der Waals surface area contributed by atoms with E-state index in [9.17, 15) is 13.6 Å². The number of hydrogen-bond acceptors (Lipinski definition) is 4. The molecule has 6 heteroatoms. The summed E-state index contributed by atoms with van der Waals surface area (Å²) in [5.74, 6) is -0.258. The minimum Gasteiger partial charge on any atom is -0.465 e. The summed E-state index contributed by atoms with van der Waals surface area (Å²) in [5.41, 5.74) is 0.752. The third-order valence-corrected chi connectivity index (χ3v) is 2.44. The van der Waals surface area contributed by atoms with Gasteiger partial charge in [-0.1, -0.05) is 12.1 Å². The van der Waals surface area contributed by atoms with E-state index in [1.165, 1.54) is 12.1 Å². The molecule has 4 nitrogen and oxygen atoms in total. The summed E-state index contributed by atoms with van der Waals surface area (Å²) in [6.07, 6.45) is 0. The van der Waals surface area contributed by atoms with Crippen molar-refractivity contribution in [2.75, 3.05) is 13.2 Å². The van der Waals surface area contributed by atoms with E-state index in [4.69, 9.17) is 4.74 Å². The molecular weight excluding hydrogens is 256 g/mol. The molecule has 0 heterocycles. The molecule has 0 aliphatic heterocycles. The first kappa shape index (κ1) is 15.4. The van der Waals surface area contributed by atoms with E-state index in [-0.39, 0.29) is 24.3 Å². The SMILES string of the molecule is CCOC(=O)CNC(C)c1cccc(OC(F)F)c1. The molecule has 0 saturated carbocycles. The molecular formula is C13H17F2NO3. The number of alkyl halides is 2. The number of rotatable bonds is 7. The van der Waals surface area contributed by atoms with Crippen LogP contribution in [0.25, 0.3) is 0 Å². The monoisotopic (exact) mass is 273 g/mol. The van der Waals surface area contributed by atoms with Gasteiger partial charge in [-0.05, 0) is 31.5 Å². The van der Waals surface area contributed by atoms with Gasteiger partial charge in [0, 0.05) is 6.04 Å². The molecule has 1 aromatic rings. The highest BCUT2D eigenvalue weighted by Crippen LogP contribution is 2.20. The summed E-state index contributed by atoms with van der Waals surface area (Å²) in [5, 5.41) is 2.95. The van der Waals surface area contributed by atoms with Crippen molar-refractivity contribution in [3.8, 4) is 5.75 Å². The molecule has 0 aliphatic rings. The smallest absolute Gasteiger partial charge is 0.387 e. The summed E-state index contributed by atoms with van der Waals surface area (Å²) < 4.78 is 33.3. The Balaban J connectivity index is 2.56. The van der Waals surface area contributed by atoms with Gasteiger partial charge in [-0.15, -0.1) is 0 Å². The van der Waals surface area contributed by atoms with Crippen molar-refractivity contribution >= 4 is 5.97 Å².